The molecular formula is C24H18. The summed E-state index contributed by atoms with van der Waals surface area (Å²) in [4.78, 5) is 0. The maximum absolute atomic E-state index is 2.39. The molecule has 24 heavy (non-hydrogen) atoms. The molecule has 0 bridgehead atoms. The van der Waals surface area contributed by atoms with E-state index in [1.165, 1.54) is 54.2 Å². The minimum Gasteiger partial charge on any atom is -0.0616 e. The van der Waals surface area contributed by atoms with Gasteiger partial charge in [0, 0.05) is 0 Å². The fraction of sp³-hybridized carbons (Fsp3) is 0.0833. The first kappa shape index (κ1) is 13.6. The van der Waals surface area contributed by atoms with Gasteiger partial charge in [-0.05, 0) is 80.2 Å². The number of rotatable bonds is 0. The fourth-order valence-electron chi connectivity index (χ4n) is 4.06. The lowest BCUT2D eigenvalue weighted by atomic mass is 9.91. The molecule has 0 aliphatic carbocycles. The van der Waals surface area contributed by atoms with E-state index in [4.69, 9.17) is 0 Å². The largest absolute Gasteiger partial charge is 0.0616 e. The van der Waals surface area contributed by atoms with E-state index in [0.29, 0.717) is 0 Å². The Hall–Kier alpha value is -2.86. The van der Waals surface area contributed by atoms with Crippen molar-refractivity contribution in [3.8, 4) is 0 Å². The van der Waals surface area contributed by atoms with Crippen molar-refractivity contribution in [2.45, 2.75) is 13.8 Å². The van der Waals surface area contributed by atoms with Crippen LogP contribution in [0.15, 0.2) is 72.8 Å². The highest BCUT2D eigenvalue weighted by atomic mass is 14.1. The molecule has 0 unspecified atom stereocenters. The Labute approximate surface area is 141 Å². The van der Waals surface area contributed by atoms with Crippen LogP contribution in [0.4, 0.5) is 0 Å². The van der Waals surface area contributed by atoms with Gasteiger partial charge in [-0.3, -0.25) is 0 Å². The van der Waals surface area contributed by atoms with Crippen LogP contribution in [0.5, 0.6) is 0 Å². The summed E-state index contributed by atoms with van der Waals surface area (Å²) in [6, 6.07) is 26.8. The van der Waals surface area contributed by atoms with Crippen LogP contribution < -0.4 is 0 Å². The zero-order chi connectivity index (χ0) is 16.3. The summed E-state index contributed by atoms with van der Waals surface area (Å²) in [7, 11) is 0. The van der Waals surface area contributed by atoms with E-state index < -0.39 is 0 Å². The summed E-state index contributed by atoms with van der Waals surface area (Å²) >= 11 is 0. The zero-order valence-electron chi connectivity index (χ0n) is 13.9. The number of benzene rings is 5. The Morgan fingerprint density at radius 1 is 0.417 bits per heavy atom. The van der Waals surface area contributed by atoms with Crippen molar-refractivity contribution < 1.29 is 0 Å². The predicted molar refractivity (Wildman–Crippen MR) is 106 cm³/mol. The van der Waals surface area contributed by atoms with Gasteiger partial charge in [-0.15, -0.1) is 0 Å². The molecule has 0 heterocycles. The average molecular weight is 306 g/mol. The van der Waals surface area contributed by atoms with Gasteiger partial charge in [-0.25, -0.2) is 0 Å². The maximum Gasteiger partial charge on any atom is -0.00963 e. The normalized spacial score (nSPS) is 11.8. The highest BCUT2D eigenvalue weighted by Crippen LogP contribution is 2.36. The molecule has 5 aromatic rings. The van der Waals surface area contributed by atoms with E-state index >= 15 is 0 Å². The summed E-state index contributed by atoms with van der Waals surface area (Å²) < 4.78 is 0. The lowest BCUT2D eigenvalue weighted by Gasteiger charge is -2.13. The van der Waals surface area contributed by atoms with Crippen LogP contribution in [-0.4, -0.2) is 0 Å². The van der Waals surface area contributed by atoms with Gasteiger partial charge in [0.05, 0.1) is 0 Å². The molecule has 0 heteroatoms. The Bertz CT molecular complexity index is 1160. The van der Waals surface area contributed by atoms with E-state index in [-0.39, 0.29) is 0 Å². The fourth-order valence-corrected chi connectivity index (χ4v) is 4.06. The summed E-state index contributed by atoms with van der Waals surface area (Å²) in [6.45, 7) is 4.44. The molecule has 114 valence electrons. The summed E-state index contributed by atoms with van der Waals surface area (Å²) in [5.74, 6) is 0. The van der Waals surface area contributed by atoms with Crippen molar-refractivity contribution in [1.82, 2.24) is 0 Å². The standard InChI is InChI=1S/C24H18/c1-15-11-17-7-3-5-9-19(17)23-14-22-16(2)12-18-8-4-6-10-20(18)24(22)13-21(15)23/h3-14H,1-2H3. The van der Waals surface area contributed by atoms with Gasteiger partial charge in [-0.2, -0.15) is 0 Å². The first-order valence-corrected chi connectivity index (χ1v) is 8.46. The second kappa shape index (κ2) is 4.82. The lowest BCUT2D eigenvalue weighted by molar-refractivity contribution is 1.54. The van der Waals surface area contributed by atoms with E-state index in [9.17, 15) is 0 Å². The molecule has 5 rings (SSSR count). The molecule has 0 atom stereocenters. The molecule has 0 nitrogen and oxygen atoms in total. The van der Waals surface area contributed by atoms with Crippen molar-refractivity contribution in [2.75, 3.05) is 0 Å². The van der Waals surface area contributed by atoms with Crippen LogP contribution in [0.1, 0.15) is 11.1 Å². The van der Waals surface area contributed by atoms with Crippen LogP contribution >= 0.6 is 0 Å². The van der Waals surface area contributed by atoms with Gasteiger partial charge in [0.15, 0.2) is 0 Å². The quantitative estimate of drug-likeness (QED) is 0.215. The van der Waals surface area contributed by atoms with Gasteiger partial charge in [0.25, 0.3) is 0 Å². The van der Waals surface area contributed by atoms with Crippen LogP contribution in [-0.2, 0) is 0 Å². The molecule has 0 fully saturated rings. The molecule has 0 aliphatic heterocycles. The summed E-state index contributed by atoms with van der Waals surface area (Å²) in [6.07, 6.45) is 0. The topological polar surface area (TPSA) is 0 Å². The Morgan fingerprint density at radius 3 is 1.29 bits per heavy atom. The molecule has 0 aromatic heterocycles. The molecule has 0 spiro atoms. The first-order chi connectivity index (χ1) is 11.7. The van der Waals surface area contributed by atoms with Crippen molar-refractivity contribution in [1.29, 1.82) is 0 Å². The van der Waals surface area contributed by atoms with Crippen LogP contribution in [0, 0.1) is 13.8 Å². The Morgan fingerprint density at radius 2 is 0.833 bits per heavy atom. The van der Waals surface area contributed by atoms with Crippen molar-refractivity contribution >= 4 is 43.1 Å². The highest BCUT2D eigenvalue weighted by molar-refractivity contribution is 6.18. The van der Waals surface area contributed by atoms with Gasteiger partial charge in [0.2, 0.25) is 0 Å². The Balaban J connectivity index is 2.08. The minimum absolute atomic E-state index is 1.32. The third-order valence-electron chi connectivity index (χ3n) is 5.25. The monoisotopic (exact) mass is 306 g/mol. The van der Waals surface area contributed by atoms with Crippen molar-refractivity contribution in [3.63, 3.8) is 0 Å². The van der Waals surface area contributed by atoms with Crippen LogP contribution in [0.2, 0.25) is 0 Å². The van der Waals surface area contributed by atoms with Gasteiger partial charge < -0.3 is 0 Å². The maximum atomic E-state index is 2.39. The van der Waals surface area contributed by atoms with Crippen molar-refractivity contribution in [3.05, 3.63) is 83.9 Å². The molecular weight excluding hydrogens is 288 g/mol. The third kappa shape index (κ3) is 1.80. The highest BCUT2D eigenvalue weighted by Gasteiger charge is 2.09. The number of aryl methyl sites for hydroxylation is 2. The molecule has 0 saturated carbocycles. The van der Waals surface area contributed by atoms with Gasteiger partial charge >= 0.3 is 0 Å². The zero-order valence-corrected chi connectivity index (χ0v) is 13.9. The van der Waals surface area contributed by atoms with Crippen LogP contribution in [0.25, 0.3) is 43.1 Å². The predicted octanol–water partition coefficient (Wildman–Crippen LogP) is 6.92. The third-order valence-corrected chi connectivity index (χ3v) is 5.25. The van der Waals surface area contributed by atoms with E-state index in [1.54, 1.807) is 0 Å². The SMILES string of the molecule is Cc1cc2ccccc2c2cc3c(C)cc4ccccc4c3cc12. The van der Waals surface area contributed by atoms with E-state index in [1.807, 2.05) is 0 Å². The lowest BCUT2D eigenvalue weighted by Crippen LogP contribution is -1.87. The number of hydrogen-bond donors (Lipinski definition) is 0. The molecule has 0 N–H and O–H groups in total. The second-order valence-electron chi connectivity index (χ2n) is 6.77. The molecule has 0 aliphatic rings. The average Bonchev–Trinajstić information content (AvgIpc) is 2.61. The first-order valence-electron chi connectivity index (χ1n) is 8.46. The van der Waals surface area contributed by atoms with Crippen molar-refractivity contribution in [2.24, 2.45) is 0 Å². The molecule has 0 radical (unpaired) electrons. The molecule has 0 saturated heterocycles. The molecule has 5 aromatic carbocycles. The smallest absolute Gasteiger partial charge is 0.00963 e. The van der Waals surface area contributed by atoms with E-state index in [0.717, 1.165) is 0 Å². The second-order valence-corrected chi connectivity index (χ2v) is 6.77. The molecule has 0 amide bonds. The summed E-state index contributed by atoms with van der Waals surface area (Å²) in [5.41, 5.74) is 2.69. The minimum atomic E-state index is 1.32. The Kier molecular flexibility index (Phi) is 2.72. The van der Waals surface area contributed by atoms with E-state index in [2.05, 4.69) is 86.6 Å². The van der Waals surface area contributed by atoms with Gasteiger partial charge in [-0.1, -0.05) is 60.7 Å². The summed E-state index contributed by atoms with van der Waals surface area (Å²) in [5, 5.41) is 10.8. The number of hydrogen-bond acceptors (Lipinski definition) is 0. The number of fused-ring (bicyclic) bond motifs is 6. The van der Waals surface area contributed by atoms with Gasteiger partial charge in [0.1, 0.15) is 0 Å². The van der Waals surface area contributed by atoms with Crippen LogP contribution in [0.3, 0.4) is 0 Å².